The van der Waals surface area contributed by atoms with Gasteiger partial charge < -0.3 is 16.0 Å². The number of nitrogens with zero attached hydrogens (tertiary/aromatic N) is 1. The zero-order valence-electron chi connectivity index (χ0n) is 11.7. The number of thiocarbonyl (C=S) groups is 1. The van der Waals surface area contributed by atoms with Crippen LogP contribution in [0.4, 0.5) is 0 Å². The third kappa shape index (κ3) is 3.36. The lowest BCUT2D eigenvalue weighted by Crippen LogP contribution is -2.49. The maximum Gasteiger partial charge on any atom is 0.233 e. The SMILES string of the molecule is NC(=S)C1(C(=O)NCCc2cnc[nH]2)CCCCCC1. The predicted molar refractivity (Wildman–Crippen MR) is 82.2 cm³/mol. The fourth-order valence-corrected chi connectivity index (χ4v) is 3.12. The van der Waals surface area contributed by atoms with Gasteiger partial charge in [0, 0.05) is 24.9 Å². The molecule has 0 saturated heterocycles. The Labute approximate surface area is 124 Å². The van der Waals surface area contributed by atoms with Crippen LogP contribution in [-0.2, 0) is 11.2 Å². The van der Waals surface area contributed by atoms with E-state index in [1.165, 1.54) is 0 Å². The number of nitrogens with one attached hydrogen (secondary N) is 2. The average molecular weight is 294 g/mol. The van der Waals surface area contributed by atoms with Crippen molar-refractivity contribution in [3.63, 3.8) is 0 Å². The van der Waals surface area contributed by atoms with Crippen molar-refractivity contribution in [1.82, 2.24) is 15.3 Å². The highest BCUT2D eigenvalue weighted by Crippen LogP contribution is 2.35. The molecular formula is C14H22N4OS. The number of carbonyl (C=O) groups excluding carboxylic acids is 1. The average Bonchev–Trinajstić information content (AvgIpc) is 2.80. The van der Waals surface area contributed by atoms with Gasteiger partial charge in [-0.05, 0) is 12.8 Å². The number of nitrogens with two attached hydrogens (primary N) is 1. The Bertz CT molecular complexity index is 450. The summed E-state index contributed by atoms with van der Waals surface area (Å²) in [6.45, 7) is 0.575. The monoisotopic (exact) mass is 294 g/mol. The summed E-state index contributed by atoms with van der Waals surface area (Å²) >= 11 is 5.19. The van der Waals surface area contributed by atoms with Crippen LogP contribution in [0.15, 0.2) is 12.5 Å². The van der Waals surface area contributed by atoms with Gasteiger partial charge in [0.25, 0.3) is 0 Å². The Morgan fingerprint density at radius 2 is 2.10 bits per heavy atom. The largest absolute Gasteiger partial charge is 0.392 e. The molecule has 2 rings (SSSR count). The molecule has 1 amide bonds. The van der Waals surface area contributed by atoms with E-state index in [4.69, 9.17) is 18.0 Å². The van der Waals surface area contributed by atoms with Crippen LogP contribution in [0, 0.1) is 5.41 Å². The summed E-state index contributed by atoms with van der Waals surface area (Å²) < 4.78 is 0. The van der Waals surface area contributed by atoms with Crippen molar-refractivity contribution in [1.29, 1.82) is 0 Å². The number of H-pyrrole nitrogens is 1. The molecule has 0 aliphatic heterocycles. The summed E-state index contributed by atoms with van der Waals surface area (Å²) in [6, 6.07) is 0. The van der Waals surface area contributed by atoms with E-state index in [9.17, 15) is 4.79 Å². The second kappa shape index (κ2) is 6.83. The van der Waals surface area contributed by atoms with Crippen molar-refractivity contribution in [3.8, 4) is 0 Å². The molecule has 0 atom stereocenters. The van der Waals surface area contributed by atoms with Gasteiger partial charge in [-0.3, -0.25) is 4.79 Å². The fourth-order valence-electron chi connectivity index (χ4n) is 2.82. The van der Waals surface area contributed by atoms with Crippen LogP contribution < -0.4 is 11.1 Å². The van der Waals surface area contributed by atoms with Gasteiger partial charge in [0.15, 0.2) is 0 Å². The van der Waals surface area contributed by atoms with Crippen LogP contribution >= 0.6 is 12.2 Å². The number of carbonyl (C=O) groups is 1. The number of rotatable bonds is 5. The van der Waals surface area contributed by atoms with Crippen LogP contribution in [0.2, 0.25) is 0 Å². The van der Waals surface area contributed by atoms with Gasteiger partial charge >= 0.3 is 0 Å². The number of aromatic amines is 1. The molecule has 1 aliphatic carbocycles. The number of aromatic nitrogens is 2. The zero-order valence-corrected chi connectivity index (χ0v) is 12.5. The van der Waals surface area contributed by atoms with E-state index in [-0.39, 0.29) is 5.91 Å². The molecular weight excluding hydrogens is 272 g/mol. The second-order valence-corrected chi connectivity index (χ2v) is 5.88. The van der Waals surface area contributed by atoms with E-state index in [0.29, 0.717) is 11.5 Å². The van der Waals surface area contributed by atoms with Gasteiger partial charge in [-0.2, -0.15) is 0 Å². The summed E-state index contributed by atoms with van der Waals surface area (Å²) in [7, 11) is 0. The zero-order chi connectivity index (χ0) is 14.4. The first-order valence-electron chi connectivity index (χ1n) is 7.20. The van der Waals surface area contributed by atoms with E-state index < -0.39 is 5.41 Å². The van der Waals surface area contributed by atoms with Crippen molar-refractivity contribution >= 4 is 23.1 Å². The molecule has 1 aromatic heterocycles. The third-order valence-electron chi connectivity index (χ3n) is 4.10. The smallest absolute Gasteiger partial charge is 0.233 e. The van der Waals surface area contributed by atoms with E-state index in [2.05, 4.69) is 15.3 Å². The summed E-state index contributed by atoms with van der Waals surface area (Å²) in [5.41, 5.74) is 6.26. The highest BCUT2D eigenvalue weighted by Gasteiger charge is 2.41. The lowest BCUT2D eigenvalue weighted by atomic mass is 9.79. The molecule has 1 aromatic rings. The lowest BCUT2D eigenvalue weighted by molar-refractivity contribution is -0.128. The van der Waals surface area contributed by atoms with Crippen molar-refractivity contribution in [2.75, 3.05) is 6.54 Å². The van der Waals surface area contributed by atoms with E-state index >= 15 is 0 Å². The maximum atomic E-state index is 12.5. The first-order valence-corrected chi connectivity index (χ1v) is 7.61. The topological polar surface area (TPSA) is 83.8 Å². The number of hydrogen-bond donors (Lipinski definition) is 3. The summed E-state index contributed by atoms with van der Waals surface area (Å²) in [6.07, 6.45) is 10.0. The second-order valence-electron chi connectivity index (χ2n) is 5.44. The first kappa shape index (κ1) is 15.0. The highest BCUT2D eigenvalue weighted by atomic mass is 32.1. The van der Waals surface area contributed by atoms with E-state index in [1.807, 2.05) is 0 Å². The molecule has 1 heterocycles. The number of imidazole rings is 1. The van der Waals surface area contributed by atoms with Gasteiger partial charge in [-0.25, -0.2) is 4.98 Å². The summed E-state index contributed by atoms with van der Waals surface area (Å²) in [5, 5.41) is 2.99. The van der Waals surface area contributed by atoms with Gasteiger partial charge in [0.1, 0.15) is 0 Å². The van der Waals surface area contributed by atoms with E-state index in [0.717, 1.165) is 50.6 Å². The Hall–Kier alpha value is -1.43. The van der Waals surface area contributed by atoms with Crippen LogP contribution in [0.5, 0.6) is 0 Å². The summed E-state index contributed by atoms with van der Waals surface area (Å²) in [5.74, 6) is -0.00795. The maximum absolute atomic E-state index is 12.5. The van der Waals surface area contributed by atoms with Crippen molar-refractivity contribution in [3.05, 3.63) is 18.2 Å². The number of amides is 1. The molecule has 5 nitrogen and oxygen atoms in total. The molecule has 0 bridgehead atoms. The summed E-state index contributed by atoms with van der Waals surface area (Å²) in [4.78, 5) is 19.9. The Balaban J connectivity index is 1.94. The number of hydrogen-bond acceptors (Lipinski definition) is 3. The molecule has 1 saturated carbocycles. The predicted octanol–water partition coefficient (Wildman–Crippen LogP) is 1.70. The van der Waals surface area contributed by atoms with Crippen molar-refractivity contribution in [2.24, 2.45) is 11.1 Å². The molecule has 0 aromatic carbocycles. The minimum absolute atomic E-state index is 0.00795. The minimum atomic E-state index is -0.639. The Morgan fingerprint density at radius 3 is 2.65 bits per heavy atom. The van der Waals surface area contributed by atoms with Gasteiger partial charge in [0.05, 0.1) is 16.7 Å². The minimum Gasteiger partial charge on any atom is -0.392 e. The molecule has 0 spiro atoms. The molecule has 1 aliphatic rings. The lowest BCUT2D eigenvalue weighted by Gasteiger charge is -2.30. The Kier molecular flexibility index (Phi) is 5.11. The molecule has 110 valence electrons. The van der Waals surface area contributed by atoms with Gasteiger partial charge in [-0.15, -0.1) is 0 Å². The molecule has 20 heavy (non-hydrogen) atoms. The van der Waals surface area contributed by atoms with Gasteiger partial charge in [-0.1, -0.05) is 37.9 Å². The first-order chi connectivity index (χ1) is 9.65. The molecule has 1 fully saturated rings. The van der Waals surface area contributed by atoms with Crippen LogP contribution in [0.1, 0.15) is 44.2 Å². The standard InChI is InChI=1S/C14H22N4OS/c15-12(20)14(6-3-1-2-4-7-14)13(19)17-8-5-11-9-16-10-18-11/h9-10H,1-8H2,(H2,15,20)(H,16,18)(H,17,19). The van der Waals surface area contributed by atoms with Crippen LogP contribution in [-0.4, -0.2) is 27.4 Å². The highest BCUT2D eigenvalue weighted by molar-refractivity contribution is 7.80. The van der Waals surface area contributed by atoms with Crippen molar-refractivity contribution in [2.45, 2.75) is 44.9 Å². The fraction of sp³-hybridized carbons (Fsp3) is 0.643. The van der Waals surface area contributed by atoms with Crippen LogP contribution in [0.25, 0.3) is 0 Å². The van der Waals surface area contributed by atoms with Crippen LogP contribution in [0.3, 0.4) is 0 Å². The molecule has 0 radical (unpaired) electrons. The van der Waals surface area contributed by atoms with E-state index in [1.54, 1.807) is 12.5 Å². The molecule has 4 N–H and O–H groups in total. The quantitative estimate of drug-likeness (QED) is 0.570. The normalized spacial score (nSPS) is 18.2. The molecule has 6 heteroatoms. The van der Waals surface area contributed by atoms with Crippen molar-refractivity contribution < 1.29 is 4.79 Å². The third-order valence-corrected chi connectivity index (χ3v) is 4.49. The van der Waals surface area contributed by atoms with Gasteiger partial charge in [0.2, 0.25) is 5.91 Å². The Morgan fingerprint density at radius 1 is 1.40 bits per heavy atom. The molecule has 0 unspecified atom stereocenters.